The summed E-state index contributed by atoms with van der Waals surface area (Å²) in [5.41, 5.74) is 1.16. The fourth-order valence-corrected chi connectivity index (χ4v) is 4.33. The Morgan fingerprint density at radius 1 is 1.07 bits per heavy atom. The molecule has 6 nitrogen and oxygen atoms in total. The Morgan fingerprint density at radius 2 is 1.78 bits per heavy atom. The van der Waals surface area contributed by atoms with Gasteiger partial charge in [-0.25, -0.2) is 0 Å². The van der Waals surface area contributed by atoms with Gasteiger partial charge in [0, 0.05) is 54.6 Å². The van der Waals surface area contributed by atoms with Crippen LogP contribution in [0.2, 0.25) is 0 Å². The van der Waals surface area contributed by atoms with Gasteiger partial charge in [0.2, 0.25) is 0 Å². The first-order valence-corrected chi connectivity index (χ1v) is 10.5. The molecule has 0 spiro atoms. The van der Waals surface area contributed by atoms with Crippen LogP contribution in [-0.4, -0.2) is 60.5 Å². The molecular formula is C20H28N4O2S. The van der Waals surface area contributed by atoms with Crippen LogP contribution in [0.25, 0.3) is 10.4 Å². The van der Waals surface area contributed by atoms with Gasteiger partial charge in [-0.05, 0) is 55.9 Å². The molecule has 1 fully saturated rings. The molecule has 0 unspecified atom stereocenters. The lowest BCUT2D eigenvalue weighted by Gasteiger charge is -2.33. The second kappa shape index (κ2) is 9.94. The number of benzene rings is 1. The average molecular weight is 389 g/mol. The summed E-state index contributed by atoms with van der Waals surface area (Å²) < 4.78 is 0. The minimum Gasteiger partial charge on any atom is -0.312 e. The minimum absolute atomic E-state index is 0.133. The molecule has 146 valence electrons. The number of nitrogens with one attached hydrogen (secondary N) is 1. The van der Waals surface area contributed by atoms with Gasteiger partial charge in [-0.1, -0.05) is 6.92 Å². The number of nitro groups is 1. The smallest absolute Gasteiger partial charge is 0.269 e. The van der Waals surface area contributed by atoms with E-state index >= 15 is 0 Å². The van der Waals surface area contributed by atoms with Crippen LogP contribution in [-0.2, 0) is 6.54 Å². The molecule has 27 heavy (non-hydrogen) atoms. The van der Waals surface area contributed by atoms with E-state index in [2.05, 4.69) is 34.2 Å². The Morgan fingerprint density at radius 3 is 2.44 bits per heavy atom. The van der Waals surface area contributed by atoms with Crippen molar-refractivity contribution in [3.05, 3.63) is 51.4 Å². The van der Waals surface area contributed by atoms with Crippen molar-refractivity contribution in [3.8, 4) is 10.4 Å². The minimum atomic E-state index is -0.364. The number of hydrogen-bond donors (Lipinski definition) is 1. The van der Waals surface area contributed by atoms with Gasteiger partial charge in [-0.15, -0.1) is 11.3 Å². The molecule has 1 aliphatic heterocycles. The summed E-state index contributed by atoms with van der Waals surface area (Å²) in [4.78, 5) is 17.9. The van der Waals surface area contributed by atoms with Crippen molar-refractivity contribution in [3.63, 3.8) is 0 Å². The van der Waals surface area contributed by atoms with E-state index in [4.69, 9.17) is 0 Å². The fraction of sp³-hybridized carbons (Fsp3) is 0.500. The van der Waals surface area contributed by atoms with Crippen LogP contribution >= 0.6 is 11.3 Å². The van der Waals surface area contributed by atoms with Crippen LogP contribution in [0.4, 0.5) is 5.69 Å². The Labute approximate surface area is 164 Å². The van der Waals surface area contributed by atoms with E-state index in [1.54, 1.807) is 23.5 Å². The molecule has 2 heterocycles. The van der Waals surface area contributed by atoms with E-state index in [1.807, 2.05) is 12.1 Å². The largest absolute Gasteiger partial charge is 0.312 e. The van der Waals surface area contributed by atoms with Crippen molar-refractivity contribution >= 4 is 17.0 Å². The maximum atomic E-state index is 10.7. The first kappa shape index (κ1) is 19.9. The number of non-ortho nitro benzene ring substituents is 1. The van der Waals surface area contributed by atoms with Crippen molar-refractivity contribution in [2.45, 2.75) is 19.9 Å². The highest BCUT2D eigenvalue weighted by Crippen LogP contribution is 2.29. The average Bonchev–Trinajstić information content (AvgIpc) is 3.17. The summed E-state index contributed by atoms with van der Waals surface area (Å²) >= 11 is 1.74. The van der Waals surface area contributed by atoms with Gasteiger partial charge in [-0.2, -0.15) is 0 Å². The van der Waals surface area contributed by atoms with Gasteiger partial charge in [0.25, 0.3) is 5.69 Å². The summed E-state index contributed by atoms with van der Waals surface area (Å²) in [5.74, 6) is 0. The lowest BCUT2D eigenvalue weighted by molar-refractivity contribution is -0.384. The van der Waals surface area contributed by atoms with Gasteiger partial charge in [0.1, 0.15) is 0 Å². The molecule has 7 heteroatoms. The van der Waals surface area contributed by atoms with Crippen molar-refractivity contribution in [1.29, 1.82) is 0 Å². The van der Waals surface area contributed by atoms with Gasteiger partial charge >= 0.3 is 0 Å². The second-order valence-electron chi connectivity index (χ2n) is 6.88. The highest BCUT2D eigenvalue weighted by molar-refractivity contribution is 7.15. The highest BCUT2D eigenvalue weighted by Gasteiger charge is 2.14. The number of nitro benzene ring substituents is 1. The molecule has 1 aliphatic rings. The SMILES string of the molecule is CCN1CCN(CCCNCc2ccc(-c3ccc([N+](=O)[O-])cc3)s2)CC1. The van der Waals surface area contributed by atoms with Gasteiger partial charge in [0.05, 0.1) is 4.92 Å². The first-order chi connectivity index (χ1) is 13.2. The summed E-state index contributed by atoms with van der Waals surface area (Å²) in [6, 6.07) is 11.0. The molecule has 1 aromatic heterocycles. The number of piperazine rings is 1. The highest BCUT2D eigenvalue weighted by atomic mass is 32.1. The maximum Gasteiger partial charge on any atom is 0.269 e. The maximum absolute atomic E-state index is 10.7. The lowest BCUT2D eigenvalue weighted by Crippen LogP contribution is -2.46. The van der Waals surface area contributed by atoms with Crippen LogP contribution in [0, 0.1) is 10.1 Å². The quantitative estimate of drug-likeness (QED) is 0.405. The van der Waals surface area contributed by atoms with Crippen LogP contribution in [0.3, 0.4) is 0 Å². The molecule has 0 amide bonds. The van der Waals surface area contributed by atoms with E-state index in [0.29, 0.717) is 0 Å². The van der Waals surface area contributed by atoms with Crippen LogP contribution < -0.4 is 5.32 Å². The predicted octanol–water partition coefficient (Wildman–Crippen LogP) is 3.44. The number of hydrogen-bond acceptors (Lipinski definition) is 6. The molecule has 1 saturated heterocycles. The molecule has 2 aromatic rings. The van der Waals surface area contributed by atoms with Gasteiger partial charge < -0.3 is 15.1 Å². The zero-order chi connectivity index (χ0) is 19.1. The third-order valence-electron chi connectivity index (χ3n) is 5.06. The number of thiophene rings is 1. The summed E-state index contributed by atoms with van der Waals surface area (Å²) in [7, 11) is 0. The van der Waals surface area contributed by atoms with Gasteiger partial charge in [-0.3, -0.25) is 10.1 Å². The van der Waals surface area contributed by atoms with E-state index in [0.717, 1.165) is 30.1 Å². The Balaban J connectivity index is 1.37. The fourth-order valence-electron chi connectivity index (χ4n) is 3.34. The third-order valence-corrected chi connectivity index (χ3v) is 6.20. The molecule has 3 rings (SSSR count). The van der Waals surface area contributed by atoms with Crippen molar-refractivity contribution in [1.82, 2.24) is 15.1 Å². The zero-order valence-electron chi connectivity index (χ0n) is 15.9. The number of likely N-dealkylation sites (N-methyl/N-ethyl adjacent to an activating group) is 1. The van der Waals surface area contributed by atoms with Crippen LogP contribution in [0.5, 0.6) is 0 Å². The predicted molar refractivity (Wildman–Crippen MR) is 111 cm³/mol. The summed E-state index contributed by atoms with van der Waals surface area (Å²) in [6.45, 7) is 11.3. The van der Waals surface area contributed by atoms with E-state index in [1.165, 1.54) is 44.0 Å². The van der Waals surface area contributed by atoms with E-state index in [9.17, 15) is 10.1 Å². The topological polar surface area (TPSA) is 61.6 Å². The van der Waals surface area contributed by atoms with Crippen LogP contribution in [0.1, 0.15) is 18.2 Å². The Hall–Kier alpha value is -1.80. The molecule has 0 bridgehead atoms. The van der Waals surface area contributed by atoms with Crippen molar-refractivity contribution in [2.75, 3.05) is 45.8 Å². The molecule has 0 saturated carbocycles. The normalized spacial score (nSPS) is 15.9. The number of rotatable bonds is 9. The molecule has 1 N–H and O–H groups in total. The first-order valence-electron chi connectivity index (χ1n) is 9.64. The molecular weight excluding hydrogens is 360 g/mol. The molecule has 1 aromatic carbocycles. The molecule has 0 atom stereocenters. The zero-order valence-corrected chi connectivity index (χ0v) is 16.7. The van der Waals surface area contributed by atoms with Crippen molar-refractivity contribution in [2.24, 2.45) is 0 Å². The van der Waals surface area contributed by atoms with Crippen LogP contribution in [0.15, 0.2) is 36.4 Å². The van der Waals surface area contributed by atoms with Crippen molar-refractivity contribution < 1.29 is 4.92 Å². The molecule has 0 radical (unpaired) electrons. The Kier molecular flexibility index (Phi) is 7.34. The third kappa shape index (κ3) is 5.84. The monoisotopic (exact) mass is 388 g/mol. The van der Waals surface area contributed by atoms with E-state index < -0.39 is 0 Å². The summed E-state index contributed by atoms with van der Waals surface area (Å²) in [5, 5.41) is 14.3. The molecule has 0 aliphatic carbocycles. The Bertz CT molecular complexity index is 724. The second-order valence-corrected chi connectivity index (χ2v) is 8.04. The lowest BCUT2D eigenvalue weighted by atomic mass is 10.2. The standard InChI is InChI=1S/C20H28N4O2S/c1-2-22-12-14-23(15-13-22)11-3-10-21-16-19-8-9-20(27-19)17-4-6-18(7-5-17)24(25)26/h4-9,21H,2-3,10-16H2,1H3. The van der Waals surface area contributed by atoms with Gasteiger partial charge in [0.15, 0.2) is 0 Å². The number of nitrogens with zero attached hydrogens (tertiary/aromatic N) is 3. The summed E-state index contributed by atoms with van der Waals surface area (Å²) in [6.07, 6.45) is 1.17. The van der Waals surface area contributed by atoms with E-state index in [-0.39, 0.29) is 10.6 Å².